The van der Waals surface area contributed by atoms with Crippen molar-refractivity contribution in [2.24, 2.45) is 0 Å². The monoisotopic (exact) mass is 449 g/mol. The van der Waals surface area contributed by atoms with Crippen LogP contribution in [0.3, 0.4) is 0 Å². The molecule has 0 amide bonds. The lowest BCUT2D eigenvalue weighted by Gasteiger charge is -2.36. The summed E-state index contributed by atoms with van der Waals surface area (Å²) in [5.74, 6) is 2.17. The van der Waals surface area contributed by atoms with E-state index in [-0.39, 0.29) is 12.3 Å². The van der Waals surface area contributed by atoms with E-state index in [2.05, 4.69) is 9.80 Å². The van der Waals surface area contributed by atoms with Crippen LogP contribution >= 0.6 is 0 Å². The van der Waals surface area contributed by atoms with E-state index in [1.54, 1.807) is 12.1 Å². The fraction of sp³-hybridized carbons (Fsp3) is 0.280. The highest BCUT2D eigenvalue weighted by Gasteiger charge is 2.20. The molecule has 3 aromatic carbocycles. The van der Waals surface area contributed by atoms with E-state index in [9.17, 15) is 15.2 Å². The van der Waals surface area contributed by atoms with E-state index in [4.69, 9.17) is 9.47 Å². The number of piperazine rings is 1. The first kappa shape index (κ1) is 22.6. The number of anilines is 1. The molecule has 1 N–H and O–H groups in total. The molecule has 1 heterocycles. The molecule has 8 heteroatoms. The molecule has 1 aliphatic rings. The number of hydrogen-bond acceptors (Lipinski definition) is 7. The second-order valence-electron chi connectivity index (χ2n) is 7.91. The van der Waals surface area contributed by atoms with Gasteiger partial charge in [-0.25, -0.2) is 0 Å². The number of nitro groups is 1. The maximum absolute atomic E-state index is 10.8. The Morgan fingerprint density at radius 1 is 0.848 bits per heavy atom. The van der Waals surface area contributed by atoms with Crippen LogP contribution in [0.2, 0.25) is 0 Å². The van der Waals surface area contributed by atoms with Crippen LogP contribution in [0.5, 0.6) is 17.2 Å². The fourth-order valence-electron chi connectivity index (χ4n) is 3.75. The van der Waals surface area contributed by atoms with Gasteiger partial charge in [-0.15, -0.1) is 0 Å². The third kappa shape index (κ3) is 6.44. The minimum Gasteiger partial charge on any atom is -0.491 e. The summed E-state index contributed by atoms with van der Waals surface area (Å²) in [6.45, 7) is 3.95. The topological polar surface area (TPSA) is 88.3 Å². The van der Waals surface area contributed by atoms with Crippen LogP contribution in [0.25, 0.3) is 0 Å². The Balaban J connectivity index is 1.18. The molecule has 0 saturated carbocycles. The van der Waals surface area contributed by atoms with E-state index in [1.807, 2.05) is 54.6 Å². The number of aliphatic hydroxyl groups excluding tert-OH is 1. The lowest BCUT2D eigenvalue weighted by Crippen LogP contribution is -2.49. The van der Waals surface area contributed by atoms with E-state index in [0.717, 1.165) is 43.4 Å². The molecule has 0 spiro atoms. The summed E-state index contributed by atoms with van der Waals surface area (Å²) in [7, 11) is 0. The van der Waals surface area contributed by atoms with Crippen LogP contribution in [0, 0.1) is 10.1 Å². The molecule has 1 fully saturated rings. The van der Waals surface area contributed by atoms with E-state index < -0.39 is 11.0 Å². The standard InChI is InChI=1S/C25H27N3O5/c29-22(19-32-23-10-12-25(13-11-23)33-24-4-2-1-3-5-24)18-26-14-16-27(17-15-26)20-6-8-21(9-7-20)28(30)31/h1-13,22,29H,14-19H2/t22-/m1/s1. The van der Waals surface area contributed by atoms with Crippen molar-refractivity contribution in [3.05, 3.63) is 89.0 Å². The predicted octanol–water partition coefficient (Wildman–Crippen LogP) is 3.95. The number of non-ortho nitro benzene ring substituents is 1. The molecule has 0 radical (unpaired) electrons. The lowest BCUT2D eigenvalue weighted by atomic mass is 10.2. The van der Waals surface area contributed by atoms with Crippen molar-refractivity contribution in [1.29, 1.82) is 0 Å². The highest BCUT2D eigenvalue weighted by molar-refractivity contribution is 5.51. The van der Waals surface area contributed by atoms with Crippen LogP contribution < -0.4 is 14.4 Å². The highest BCUT2D eigenvalue weighted by Crippen LogP contribution is 2.24. The van der Waals surface area contributed by atoms with Gasteiger partial charge < -0.3 is 19.5 Å². The first-order chi connectivity index (χ1) is 16.1. The molecule has 0 aromatic heterocycles. The van der Waals surface area contributed by atoms with Gasteiger partial charge in [0, 0.05) is 50.5 Å². The molecular formula is C25H27N3O5. The summed E-state index contributed by atoms with van der Waals surface area (Å²) in [6.07, 6.45) is -0.601. The van der Waals surface area contributed by atoms with Gasteiger partial charge in [0.05, 0.1) is 4.92 Å². The largest absolute Gasteiger partial charge is 0.491 e. The molecule has 4 rings (SSSR count). The SMILES string of the molecule is O=[N+]([O-])c1ccc(N2CCN(C[C@@H](O)COc3ccc(Oc4ccccc4)cc3)CC2)cc1. The summed E-state index contributed by atoms with van der Waals surface area (Å²) in [5.41, 5.74) is 1.07. The third-order valence-corrected chi connectivity index (χ3v) is 5.51. The Labute approximate surface area is 192 Å². The molecule has 1 aliphatic heterocycles. The summed E-state index contributed by atoms with van der Waals surface area (Å²) in [6, 6.07) is 23.5. The number of β-amino-alcohol motifs (C(OH)–C–C–N with tert-alkyl or cyclic N) is 1. The van der Waals surface area contributed by atoms with Gasteiger partial charge in [-0.2, -0.15) is 0 Å². The Kier molecular flexibility index (Phi) is 7.39. The number of ether oxygens (including phenoxy) is 2. The zero-order valence-corrected chi connectivity index (χ0v) is 18.2. The molecule has 8 nitrogen and oxygen atoms in total. The number of benzene rings is 3. The van der Waals surface area contributed by atoms with Gasteiger partial charge in [0.2, 0.25) is 0 Å². The third-order valence-electron chi connectivity index (χ3n) is 5.51. The Morgan fingerprint density at radius 2 is 1.45 bits per heavy atom. The highest BCUT2D eigenvalue weighted by atomic mass is 16.6. The van der Waals surface area contributed by atoms with E-state index in [1.165, 1.54) is 12.1 Å². The smallest absolute Gasteiger partial charge is 0.269 e. The molecular weight excluding hydrogens is 422 g/mol. The summed E-state index contributed by atoms with van der Waals surface area (Å²) >= 11 is 0. The van der Waals surface area contributed by atoms with E-state index in [0.29, 0.717) is 12.3 Å². The second kappa shape index (κ2) is 10.8. The maximum atomic E-state index is 10.8. The molecule has 0 bridgehead atoms. The van der Waals surface area contributed by atoms with Gasteiger partial charge in [-0.3, -0.25) is 15.0 Å². The van der Waals surface area contributed by atoms with Gasteiger partial charge in [-0.1, -0.05) is 18.2 Å². The first-order valence-electron chi connectivity index (χ1n) is 10.9. The predicted molar refractivity (Wildman–Crippen MR) is 126 cm³/mol. The maximum Gasteiger partial charge on any atom is 0.269 e. The fourth-order valence-corrected chi connectivity index (χ4v) is 3.75. The average Bonchev–Trinajstić information content (AvgIpc) is 2.85. The molecule has 172 valence electrons. The van der Waals surface area contributed by atoms with Crippen molar-refractivity contribution in [3.8, 4) is 17.2 Å². The molecule has 0 unspecified atom stereocenters. The minimum atomic E-state index is -0.601. The number of para-hydroxylation sites is 1. The van der Waals surface area contributed by atoms with Crippen LogP contribution in [0.1, 0.15) is 0 Å². The van der Waals surface area contributed by atoms with Crippen molar-refractivity contribution < 1.29 is 19.5 Å². The van der Waals surface area contributed by atoms with Crippen molar-refractivity contribution in [2.45, 2.75) is 6.10 Å². The summed E-state index contributed by atoms with van der Waals surface area (Å²) in [4.78, 5) is 14.8. The van der Waals surface area contributed by atoms with Crippen LogP contribution in [-0.4, -0.2) is 60.4 Å². The summed E-state index contributed by atoms with van der Waals surface area (Å²) in [5, 5.41) is 21.2. The Morgan fingerprint density at radius 3 is 2.09 bits per heavy atom. The van der Waals surface area contributed by atoms with Crippen LogP contribution in [0.4, 0.5) is 11.4 Å². The number of nitro benzene ring substituents is 1. The van der Waals surface area contributed by atoms with Gasteiger partial charge >= 0.3 is 0 Å². The number of nitrogens with zero attached hydrogens (tertiary/aromatic N) is 3. The van der Waals surface area contributed by atoms with Gasteiger partial charge in [0.1, 0.15) is 30.0 Å². The quantitative estimate of drug-likeness (QED) is 0.391. The van der Waals surface area contributed by atoms with Gasteiger partial charge in [-0.05, 0) is 48.5 Å². The zero-order valence-electron chi connectivity index (χ0n) is 18.2. The van der Waals surface area contributed by atoms with Crippen molar-refractivity contribution in [1.82, 2.24) is 4.90 Å². The summed E-state index contributed by atoms with van der Waals surface area (Å²) < 4.78 is 11.5. The molecule has 1 atom stereocenters. The van der Waals surface area contributed by atoms with Crippen molar-refractivity contribution in [2.75, 3.05) is 44.2 Å². The Bertz CT molecular complexity index is 1020. The second-order valence-corrected chi connectivity index (χ2v) is 7.91. The molecule has 3 aromatic rings. The number of hydrogen-bond donors (Lipinski definition) is 1. The zero-order chi connectivity index (χ0) is 23.0. The molecule has 0 aliphatic carbocycles. The van der Waals surface area contributed by atoms with E-state index >= 15 is 0 Å². The first-order valence-corrected chi connectivity index (χ1v) is 10.9. The minimum absolute atomic E-state index is 0.0962. The van der Waals surface area contributed by atoms with Gasteiger partial charge in [0.15, 0.2) is 0 Å². The normalized spacial score (nSPS) is 15.1. The van der Waals surface area contributed by atoms with Gasteiger partial charge in [0.25, 0.3) is 5.69 Å². The number of rotatable bonds is 9. The van der Waals surface area contributed by atoms with Crippen LogP contribution in [-0.2, 0) is 0 Å². The number of aliphatic hydroxyl groups is 1. The average molecular weight is 450 g/mol. The van der Waals surface area contributed by atoms with Crippen molar-refractivity contribution in [3.63, 3.8) is 0 Å². The Hall–Kier alpha value is -3.62. The molecule has 33 heavy (non-hydrogen) atoms. The van der Waals surface area contributed by atoms with Crippen LogP contribution in [0.15, 0.2) is 78.9 Å². The lowest BCUT2D eigenvalue weighted by molar-refractivity contribution is -0.384. The van der Waals surface area contributed by atoms with Crippen molar-refractivity contribution >= 4 is 11.4 Å². The molecule has 1 saturated heterocycles.